The predicted octanol–water partition coefficient (Wildman–Crippen LogP) is 2.59. The van der Waals surface area contributed by atoms with Gasteiger partial charge in [0, 0.05) is 5.39 Å². The quantitative estimate of drug-likeness (QED) is 0.859. The molecule has 0 saturated heterocycles. The van der Waals surface area contributed by atoms with Crippen LogP contribution in [0.15, 0.2) is 42.5 Å². The average molecular weight is 313 g/mol. The fourth-order valence-electron chi connectivity index (χ4n) is 2.62. The molecule has 5 heteroatoms. The molecule has 0 heterocycles. The molecule has 23 heavy (non-hydrogen) atoms. The number of carboxylic acid groups (broad SMARTS) is 1. The Morgan fingerprint density at radius 1 is 1.17 bits per heavy atom. The van der Waals surface area contributed by atoms with Gasteiger partial charge in [0.05, 0.1) is 0 Å². The van der Waals surface area contributed by atoms with Gasteiger partial charge in [0.2, 0.25) is 0 Å². The second kappa shape index (κ2) is 6.28. The highest BCUT2D eigenvalue weighted by Crippen LogP contribution is 2.33. The first-order chi connectivity index (χ1) is 11.1. The van der Waals surface area contributed by atoms with Gasteiger partial charge in [-0.3, -0.25) is 4.79 Å². The largest absolute Gasteiger partial charge is 0.480 e. The summed E-state index contributed by atoms with van der Waals surface area (Å²) in [6.45, 7) is 1.63. The summed E-state index contributed by atoms with van der Waals surface area (Å²) in [7, 11) is 0. The van der Waals surface area contributed by atoms with E-state index in [1.165, 1.54) is 0 Å². The normalized spacial score (nSPS) is 16.6. The number of fused-ring (bicyclic) bond motifs is 1. The summed E-state index contributed by atoms with van der Waals surface area (Å²) >= 11 is 0. The minimum Gasteiger partial charge on any atom is -0.480 e. The standard InChI is InChI=1S/C18H19NO4/c1-11(17(20)19-16(18(21)22)13-9-10-13)23-15-8-4-6-12-5-2-3-7-14(12)15/h2-8,11,13,16H,9-10H2,1H3,(H,19,20)(H,21,22). The summed E-state index contributed by atoms with van der Waals surface area (Å²) in [5, 5.41) is 13.7. The van der Waals surface area contributed by atoms with Crippen molar-refractivity contribution in [1.29, 1.82) is 0 Å². The molecular formula is C18H19NO4. The highest BCUT2D eigenvalue weighted by atomic mass is 16.5. The highest BCUT2D eigenvalue weighted by molar-refractivity contribution is 5.90. The van der Waals surface area contributed by atoms with E-state index < -0.39 is 24.0 Å². The number of aliphatic carboxylic acids is 1. The number of carboxylic acids is 1. The van der Waals surface area contributed by atoms with E-state index in [1.54, 1.807) is 6.92 Å². The van der Waals surface area contributed by atoms with Crippen molar-refractivity contribution < 1.29 is 19.4 Å². The summed E-state index contributed by atoms with van der Waals surface area (Å²) in [5.74, 6) is -0.735. The number of amides is 1. The van der Waals surface area contributed by atoms with Crippen molar-refractivity contribution in [2.75, 3.05) is 0 Å². The van der Waals surface area contributed by atoms with Gasteiger partial charge in [0.25, 0.3) is 5.91 Å². The molecular weight excluding hydrogens is 294 g/mol. The summed E-state index contributed by atoms with van der Waals surface area (Å²) in [6, 6.07) is 12.6. The third-order valence-electron chi connectivity index (χ3n) is 4.08. The third kappa shape index (κ3) is 3.44. The zero-order chi connectivity index (χ0) is 16.4. The molecule has 0 radical (unpaired) electrons. The number of nitrogens with one attached hydrogen (secondary N) is 1. The molecule has 0 aliphatic heterocycles. The topological polar surface area (TPSA) is 75.6 Å². The van der Waals surface area contributed by atoms with Crippen molar-refractivity contribution in [1.82, 2.24) is 5.32 Å². The van der Waals surface area contributed by atoms with E-state index >= 15 is 0 Å². The van der Waals surface area contributed by atoms with Crippen LogP contribution in [0.1, 0.15) is 19.8 Å². The minimum absolute atomic E-state index is 0.0428. The Bertz CT molecular complexity index is 733. The maximum atomic E-state index is 12.2. The monoisotopic (exact) mass is 313 g/mol. The average Bonchev–Trinajstić information content (AvgIpc) is 3.37. The van der Waals surface area contributed by atoms with E-state index in [-0.39, 0.29) is 5.92 Å². The Morgan fingerprint density at radius 3 is 2.57 bits per heavy atom. The number of ether oxygens (including phenoxy) is 1. The Hall–Kier alpha value is -2.56. The summed E-state index contributed by atoms with van der Waals surface area (Å²) in [6.07, 6.45) is 0.924. The lowest BCUT2D eigenvalue weighted by Crippen LogP contribution is -2.47. The lowest BCUT2D eigenvalue weighted by atomic mass is 10.1. The molecule has 2 aromatic rings. The van der Waals surface area contributed by atoms with Crippen LogP contribution in [0.5, 0.6) is 5.75 Å². The second-order valence-corrected chi connectivity index (χ2v) is 5.90. The van der Waals surface area contributed by atoms with Gasteiger partial charge in [-0.15, -0.1) is 0 Å². The molecule has 1 aliphatic carbocycles. The Balaban J connectivity index is 1.71. The molecule has 3 rings (SSSR count). The molecule has 0 spiro atoms. The lowest BCUT2D eigenvalue weighted by molar-refractivity contribution is -0.143. The first-order valence-corrected chi connectivity index (χ1v) is 7.74. The lowest BCUT2D eigenvalue weighted by Gasteiger charge is -2.19. The molecule has 0 bridgehead atoms. The molecule has 2 aromatic carbocycles. The number of carbonyl (C=O) groups is 2. The van der Waals surface area contributed by atoms with Gasteiger partial charge >= 0.3 is 5.97 Å². The smallest absolute Gasteiger partial charge is 0.326 e. The Labute approximate surface area is 134 Å². The second-order valence-electron chi connectivity index (χ2n) is 5.90. The van der Waals surface area contributed by atoms with Gasteiger partial charge < -0.3 is 15.2 Å². The molecule has 1 saturated carbocycles. The van der Waals surface area contributed by atoms with Crippen molar-refractivity contribution >= 4 is 22.6 Å². The zero-order valence-corrected chi connectivity index (χ0v) is 12.9. The van der Waals surface area contributed by atoms with Gasteiger partial charge in [-0.25, -0.2) is 4.79 Å². The van der Waals surface area contributed by atoms with Crippen molar-refractivity contribution in [3.05, 3.63) is 42.5 Å². The molecule has 1 fully saturated rings. The number of hydrogen-bond donors (Lipinski definition) is 2. The van der Waals surface area contributed by atoms with Crippen molar-refractivity contribution in [2.24, 2.45) is 5.92 Å². The van der Waals surface area contributed by atoms with Crippen molar-refractivity contribution in [2.45, 2.75) is 31.9 Å². The molecule has 2 atom stereocenters. The van der Waals surface area contributed by atoms with Crippen LogP contribution < -0.4 is 10.1 Å². The van der Waals surface area contributed by atoms with Crippen LogP contribution in [0.25, 0.3) is 10.8 Å². The number of benzene rings is 2. The fourth-order valence-corrected chi connectivity index (χ4v) is 2.62. The number of rotatable bonds is 6. The van der Waals surface area contributed by atoms with Gasteiger partial charge in [0.1, 0.15) is 11.8 Å². The van der Waals surface area contributed by atoms with E-state index in [0.717, 1.165) is 23.6 Å². The summed E-state index contributed by atoms with van der Waals surface area (Å²) < 4.78 is 5.77. The van der Waals surface area contributed by atoms with Crippen molar-refractivity contribution in [3.8, 4) is 5.75 Å². The van der Waals surface area contributed by atoms with E-state index in [2.05, 4.69) is 5.32 Å². The highest BCUT2D eigenvalue weighted by Gasteiger charge is 2.38. The van der Waals surface area contributed by atoms with Crippen LogP contribution in [0.4, 0.5) is 0 Å². The molecule has 120 valence electrons. The van der Waals surface area contributed by atoms with Crippen LogP contribution in [0.2, 0.25) is 0 Å². The van der Waals surface area contributed by atoms with Gasteiger partial charge in [-0.1, -0.05) is 36.4 Å². The van der Waals surface area contributed by atoms with Gasteiger partial charge in [-0.05, 0) is 37.1 Å². The van der Waals surface area contributed by atoms with Crippen LogP contribution in [0.3, 0.4) is 0 Å². The maximum absolute atomic E-state index is 12.2. The third-order valence-corrected chi connectivity index (χ3v) is 4.08. The molecule has 5 nitrogen and oxygen atoms in total. The van der Waals surface area contributed by atoms with Crippen LogP contribution in [0, 0.1) is 5.92 Å². The molecule has 1 aliphatic rings. The van der Waals surface area contributed by atoms with E-state index in [0.29, 0.717) is 5.75 Å². The Morgan fingerprint density at radius 2 is 1.87 bits per heavy atom. The first kappa shape index (κ1) is 15.3. The van der Waals surface area contributed by atoms with E-state index in [4.69, 9.17) is 4.74 Å². The zero-order valence-electron chi connectivity index (χ0n) is 12.9. The SMILES string of the molecule is CC(Oc1cccc2ccccc12)C(=O)NC(C(=O)O)C1CC1. The van der Waals surface area contributed by atoms with Gasteiger partial charge in [0.15, 0.2) is 6.10 Å². The minimum atomic E-state index is -0.988. The Kier molecular flexibility index (Phi) is 4.19. The predicted molar refractivity (Wildman–Crippen MR) is 86.3 cm³/mol. The molecule has 1 amide bonds. The molecule has 2 unspecified atom stereocenters. The maximum Gasteiger partial charge on any atom is 0.326 e. The fraction of sp³-hybridized carbons (Fsp3) is 0.333. The van der Waals surface area contributed by atoms with Crippen LogP contribution >= 0.6 is 0 Å². The first-order valence-electron chi connectivity index (χ1n) is 7.74. The number of carbonyl (C=O) groups excluding carboxylic acids is 1. The molecule has 0 aromatic heterocycles. The summed E-state index contributed by atoms with van der Waals surface area (Å²) in [5.41, 5.74) is 0. The van der Waals surface area contributed by atoms with Crippen LogP contribution in [-0.2, 0) is 9.59 Å². The summed E-state index contributed by atoms with van der Waals surface area (Å²) in [4.78, 5) is 23.4. The molecule has 2 N–H and O–H groups in total. The van der Waals surface area contributed by atoms with E-state index in [9.17, 15) is 14.7 Å². The van der Waals surface area contributed by atoms with Gasteiger partial charge in [-0.2, -0.15) is 0 Å². The van der Waals surface area contributed by atoms with Crippen molar-refractivity contribution in [3.63, 3.8) is 0 Å². The van der Waals surface area contributed by atoms with E-state index in [1.807, 2.05) is 42.5 Å². The van der Waals surface area contributed by atoms with Crippen LogP contribution in [-0.4, -0.2) is 29.1 Å². The number of hydrogen-bond acceptors (Lipinski definition) is 3.